The van der Waals surface area contributed by atoms with Crippen LogP contribution in [0, 0.1) is 0 Å². The maximum absolute atomic E-state index is 6.16. The second-order valence-corrected chi connectivity index (χ2v) is 5.52. The highest BCUT2D eigenvalue weighted by molar-refractivity contribution is 6.10. The second kappa shape index (κ2) is 5.40. The summed E-state index contributed by atoms with van der Waals surface area (Å²) in [4.78, 5) is 4.57. The normalized spacial score (nSPS) is 11.5. The molecule has 0 aliphatic heterocycles. The number of anilines is 1. The number of hydrogen-bond acceptors (Lipinski definition) is 4. The Bertz CT molecular complexity index is 972. The Balaban J connectivity index is 1.89. The Hall–Kier alpha value is -2.86. The number of methoxy groups -OCH3 is 1. The van der Waals surface area contributed by atoms with Crippen LogP contribution in [0.2, 0.25) is 0 Å². The number of pyridine rings is 1. The minimum atomic E-state index is 0.547. The number of ether oxygens (including phenoxy) is 1. The highest BCUT2D eigenvalue weighted by Crippen LogP contribution is 2.31. The summed E-state index contributed by atoms with van der Waals surface area (Å²) in [5.41, 5.74) is 9.04. The summed E-state index contributed by atoms with van der Waals surface area (Å²) in [5, 5.41) is 10.1. The van der Waals surface area contributed by atoms with E-state index in [0.717, 1.165) is 39.5 Å². The van der Waals surface area contributed by atoms with Crippen LogP contribution >= 0.6 is 0 Å². The molecule has 116 valence electrons. The van der Waals surface area contributed by atoms with E-state index >= 15 is 0 Å². The van der Waals surface area contributed by atoms with Gasteiger partial charge in [-0.15, -0.1) is 0 Å². The van der Waals surface area contributed by atoms with Gasteiger partial charge in [-0.3, -0.25) is 5.10 Å². The summed E-state index contributed by atoms with van der Waals surface area (Å²) in [6, 6.07) is 8.12. The number of aromatic nitrogens is 4. The lowest BCUT2D eigenvalue weighted by atomic mass is 10.1. The van der Waals surface area contributed by atoms with Crippen LogP contribution in [0.4, 0.5) is 5.82 Å². The van der Waals surface area contributed by atoms with E-state index < -0.39 is 0 Å². The third-order valence-electron chi connectivity index (χ3n) is 4.05. The van der Waals surface area contributed by atoms with Crippen molar-refractivity contribution in [2.45, 2.75) is 6.54 Å². The molecule has 0 fully saturated rings. The topological polar surface area (TPSA) is 81.8 Å². The molecule has 6 heteroatoms. The Kier molecular flexibility index (Phi) is 3.24. The molecule has 0 spiro atoms. The van der Waals surface area contributed by atoms with Gasteiger partial charge in [0, 0.05) is 54.0 Å². The van der Waals surface area contributed by atoms with Crippen LogP contribution in [-0.4, -0.2) is 33.5 Å². The smallest absolute Gasteiger partial charge is 0.133 e. The standard InChI is InChI=1S/C17H17N5O/c1-23-7-6-22-9-13-12-3-2-11(15-4-5-19-21-15)8-16(12)20-17(18)14(13)10-22/h2-5,8-10H,6-7H2,1H3,(H2,18,20)(H,19,21). The zero-order chi connectivity index (χ0) is 15.8. The van der Waals surface area contributed by atoms with Gasteiger partial charge in [0.15, 0.2) is 0 Å². The number of nitrogen functional groups attached to an aromatic ring is 1. The zero-order valence-corrected chi connectivity index (χ0v) is 12.8. The molecule has 0 atom stereocenters. The van der Waals surface area contributed by atoms with Crippen molar-refractivity contribution < 1.29 is 4.74 Å². The van der Waals surface area contributed by atoms with Gasteiger partial charge in [-0.2, -0.15) is 5.10 Å². The second-order valence-electron chi connectivity index (χ2n) is 5.52. The number of nitrogens with one attached hydrogen (secondary N) is 1. The minimum absolute atomic E-state index is 0.547. The molecule has 4 aromatic rings. The number of benzene rings is 1. The fourth-order valence-corrected chi connectivity index (χ4v) is 2.88. The molecule has 0 aliphatic rings. The molecule has 6 nitrogen and oxygen atoms in total. The summed E-state index contributed by atoms with van der Waals surface area (Å²) < 4.78 is 7.23. The van der Waals surface area contributed by atoms with E-state index in [2.05, 4.69) is 38.1 Å². The molecule has 0 aliphatic carbocycles. The number of nitrogens with two attached hydrogens (primary N) is 1. The summed E-state index contributed by atoms with van der Waals surface area (Å²) >= 11 is 0. The Morgan fingerprint density at radius 2 is 2.04 bits per heavy atom. The molecule has 4 rings (SSSR count). The van der Waals surface area contributed by atoms with E-state index in [0.29, 0.717) is 12.4 Å². The molecule has 3 aromatic heterocycles. The van der Waals surface area contributed by atoms with E-state index in [1.54, 1.807) is 13.3 Å². The number of nitrogens with zero attached hydrogens (tertiary/aromatic N) is 3. The Morgan fingerprint density at radius 3 is 2.83 bits per heavy atom. The molecule has 0 radical (unpaired) electrons. The molecule has 0 bridgehead atoms. The Morgan fingerprint density at radius 1 is 1.17 bits per heavy atom. The molecule has 0 saturated heterocycles. The summed E-state index contributed by atoms with van der Waals surface area (Å²) in [6.07, 6.45) is 5.87. The van der Waals surface area contributed by atoms with Crippen LogP contribution in [0.5, 0.6) is 0 Å². The van der Waals surface area contributed by atoms with Crippen molar-refractivity contribution in [2.24, 2.45) is 0 Å². The van der Waals surface area contributed by atoms with Gasteiger partial charge in [-0.25, -0.2) is 4.98 Å². The quantitative estimate of drug-likeness (QED) is 0.607. The maximum Gasteiger partial charge on any atom is 0.133 e. The van der Waals surface area contributed by atoms with Gasteiger partial charge in [0.1, 0.15) is 5.82 Å². The average molecular weight is 307 g/mol. The summed E-state index contributed by atoms with van der Waals surface area (Å²) in [5.74, 6) is 0.547. The average Bonchev–Trinajstić information content (AvgIpc) is 3.22. The molecular weight excluding hydrogens is 290 g/mol. The number of H-pyrrole nitrogens is 1. The molecule has 0 saturated carbocycles. The molecule has 1 aromatic carbocycles. The molecule has 0 amide bonds. The minimum Gasteiger partial charge on any atom is -0.383 e. The molecule has 0 unspecified atom stereocenters. The SMILES string of the molecule is COCCn1cc2c(N)nc3cc(-c4ccn[nH]4)ccc3c2c1. The van der Waals surface area contributed by atoms with Crippen molar-refractivity contribution in [1.82, 2.24) is 19.7 Å². The lowest BCUT2D eigenvalue weighted by Gasteiger charge is -2.04. The maximum atomic E-state index is 6.16. The molecular formula is C17H17N5O. The first-order valence-corrected chi connectivity index (χ1v) is 7.43. The van der Waals surface area contributed by atoms with Gasteiger partial charge in [-0.05, 0) is 12.1 Å². The first-order chi connectivity index (χ1) is 11.3. The largest absolute Gasteiger partial charge is 0.383 e. The third-order valence-corrected chi connectivity index (χ3v) is 4.05. The first-order valence-electron chi connectivity index (χ1n) is 7.43. The number of rotatable bonds is 4. The van der Waals surface area contributed by atoms with E-state index in [-0.39, 0.29) is 0 Å². The van der Waals surface area contributed by atoms with Crippen LogP contribution in [-0.2, 0) is 11.3 Å². The third kappa shape index (κ3) is 2.33. The van der Waals surface area contributed by atoms with Crippen molar-refractivity contribution in [1.29, 1.82) is 0 Å². The fourth-order valence-electron chi connectivity index (χ4n) is 2.88. The number of hydrogen-bond donors (Lipinski definition) is 2. The fraction of sp³-hybridized carbons (Fsp3) is 0.176. The van der Waals surface area contributed by atoms with Crippen LogP contribution in [0.15, 0.2) is 42.9 Å². The zero-order valence-electron chi connectivity index (χ0n) is 12.8. The van der Waals surface area contributed by atoms with Crippen molar-refractivity contribution in [2.75, 3.05) is 19.5 Å². The van der Waals surface area contributed by atoms with Crippen molar-refractivity contribution in [3.05, 3.63) is 42.9 Å². The van der Waals surface area contributed by atoms with Crippen LogP contribution in [0.1, 0.15) is 0 Å². The van der Waals surface area contributed by atoms with Crippen LogP contribution in [0.3, 0.4) is 0 Å². The van der Waals surface area contributed by atoms with Gasteiger partial charge in [-0.1, -0.05) is 12.1 Å². The molecule has 3 N–H and O–H groups in total. The Labute approximate surface area is 132 Å². The van der Waals surface area contributed by atoms with Crippen molar-refractivity contribution in [3.8, 4) is 11.3 Å². The van der Waals surface area contributed by atoms with Crippen LogP contribution in [0.25, 0.3) is 32.9 Å². The molecule has 23 heavy (non-hydrogen) atoms. The van der Waals surface area contributed by atoms with E-state index in [1.807, 2.05) is 18.3 Å². The first kappa shape index (κ1) is 13.8. The van der Waals surface area contributed by atoms with E-state index in [1.165, 1.54) is 0 Å². The van der Waals surface area contributed by atoms with Crippen molar-refractivity contribution in [3.63, 3.8) is 0 Å². The highest BCUT2D eigenvalue weighted by Gasteiger charge is 2.10. The lowest BCUT2D eigenvalue weighted by Crippen LogP contribution is -2.00. The summed E-state index contributed by atoms with van der Waals surface area (Å²) in [6.45, 7) is 1.45. The lowest BCUT2D eigenvalue weighted by molar-refractivity contribution is 0.187. The van der Waals surface area contributed by atoms with Gasteiger partial charge < -0.3 is 15.0 Å². The highest BCUT2D eigenvalue weighted by atomic mass is 16.5. The van der Waals surface area contributed by atoms with Crippen LogP contribution < -0.4 is 5.73 Å². The molecule has 3 heterocycles. The predicted molar refractivity (Wildman–Crippen MR) is 91.1 cm³/mol. The van der Waals surface area contributed by atoms with Crippen molar-refractivity contribution >= 4 is 27.5 Å². The number of fused-ring (bicyclic) bond motifs is 3. The summed E-state index contributed by atoms with van der Waals surface area (Å²) in [7, 11) is 1.70. The monoisotopic (exact) mass is 307 g/mol. The van der Waals surface area contributed by atoms with E-state index in [9.17, 15) is 0 Å². The van der Waals surface area contributed by atoms with Gasteiger partial charge in [0.25, 0.3) is 0 Å². The van der Waals surface area contributed by atoms with Gasteiger partial charge in [0.2, 0.25) is 0 Å². The van der Waals surface area contributed by atoms with Gasteiger partial charge in [0.05, 0.1) is 17.8 Å². The van der Waals surface area contributed by atoms with E-state index in [4.69, 9.17) is 10.5 Å². The predicted octanol–water partition coefficient (Wildman–Crippen LogP) is 2.81. The van der Waals surface area contributed by atoms with Gasteiger partial charge >= 0.3 is 0 Å². The number of aromatic amines is 1.